The smallest absolute Gasteiger partial charge is 0.125 e. The van der Waals surface area contributed by atoms with Crippen molar-refractivity contribution < 1.29 is 0 Å². The summed E-state index contributed by atoms with van der Waals surface area (Å²) < 4.78 is 0. The predicted octanol–water partition coefficient (Wildman–Crippen LogP) is 4.64. The number of benzene rings is 1. The SMILES string of the molecule is CC(c1ccc(Cl)cc1)[Si](Cl)(Cl)Cl. The summed E-state index contributed by atoms with van der Waals surface area (Å²) in [6.07, 6.45) is 0. The van der Waals surface area contributed by atoms with E-state index in [0.29, 0.717) is 5.02 Å². The van der Waals surface area contributed by atoms with Gasteiger partial charge < -0.3 is 0 Å². The fraction of sp³-hybridized carbons (Fsp3) is 0.250. The third-order valence-electron chi connectivity index (χ3n) is 1.86. The number of rotatable bonds is 2. The predicted molar refractivity (Wildman–Crippen MR) is 63.2 cm³/mol. The summed E-state index contributed by atoms with van der Waals surface area (Å²) in [6, 6.07) is 4.74. The van der Waals surface area contributed by atoms with E-state index in [1.165, 1.54) is 0 Å². The molecule has 0 saturated carbocycles. The lowest BCUT2D eigenvalue weighted by Crippen LogP contribution is -2.20. The van der Waals surface area contributed by atoms with Crippen LogP contribution in [0.25, 0.3) is 0 Å². The average Bonchev–Trinajstić information content (AvgIpc) is 2.03. The molecule has 1 rings (SSSR count). The van der Waals surface area contributed by atoms with Gasteiger partial charge in [-0.25, -0.2) is 0 Å². The summed E-state index contributed by atoms with van der Waals surface area (Å²) in [4.78, 5) is 0. The van der Waals surface area contributed by atoms with Crippen LogP contribution in [0.3, 0.4) is 0 Å². The molecular weight excluding hydrogens is 266 g/mol. The first-order valence-corrected chi connectivity index (χ1v) is 9.22. The highest BCUT2D eigenvalue weighted by Gasteiger charge is 2.34. The summed E-state index contributed by atoms with van der Waals surface area (Å²) in [6.45, 7) is 1.92. The highest BCUT2D eigenvalue weighted by molar-refractivity contribution is 7.65. The first-order valence-electron chi connectivity index (χ1n) is 3.73. The van der Waals surface area contributed by atoms with E-state index < -0.39 is 6.00 Å². The monoisotopic (exact) mass is 272 g/mol. The fourth-order valence-electron chi connectivity index (χ4n) is 0.940. The Morgan fingerprint density at radius 2 is 1.54 bits per heavy atom. The number of hydrogen-bond donors (Lipinski definition) is 0. The van der Waals surface area contributed by atoms with Crippen LogP contribution < -0.4 is 0 Å². The van der Waals surface area contributed by atoms with Crippen molar-refractivity contribution in [2.24, 2.45) is 0 Å². The van der Waals surface area contributed by atoms with Gasteiger partial charge in [-0.05, 0) is 17.7 Å². The van der Waals surface area contributed by atoms with Gasteiger partial charge in [0, 0.05) is 10.6 Å². The maximum atomic E-state index is 5.89. The topological polar surface area (TPSA) is 0 Å². The highest BCUT2D eigenvalue weighted by atomic mass is 35.8. The molecule has 1 aromatic carbocycles. The molecule has 0 aliphatic rings. The van der Waals surface area contributed by atoms with Crippen LogP contribution in [0.15, 0.2) is 24.3 Å². The minimum atomic E-state index is -2.65. The zero-order chi connectivity index (χ0) is 10.1. The lowest BCUT2D eigenvalue weighted by molar-refractivity contribution is 1.07. The van der Waals surface area contributed by atoms with E-state index in [1.807, 2.05) is 19.1 Å². The van der Waals surface area contributed by atoms with Crippen molar-refractivity contribution in [3.05, 3.63) is 34.9 Å². The Morgan fingerprint density at radius 3 is 1.92 bits per heavy atom. The molecule has 0 fully saturated rings. The van der Waals surface area contributed by atoms with E-state index >= 15 is 0 Å². The van der Waals surface area contributed by atoms with Gasteiger partial charge in [0.1, 0.15) is 0 Å². The molecule has 0 aromatic heterocycles. The first kappa shape index (κ1) is 11.7. The molecule has 1 aromatic rings. The summed E-state index contributed by atoms with van der Waals surface area (Å²) in [7, 11) is 0. The van der Waals surface area contributed by atoms with Crippen molar-refractivity contribution in [1.29, 1.82) is 0 Å². The molecule has 72 valence electrons. The number of halogens is 4. The molecule has 0 amide bonds. The zero-order valence-electron chi connectivity index (χ0n) is 6.90. The third-order valence-corrected chi connectivity index (χ3v) is 6.37. The maximum Gasteiger partial charge on any atom is 0.348 e. The molecule has 1 unspecified atom stereocenters. The Bertz CT molecular complexity index is 277. The van der Waals surface area contributed by atoms with Crippen LogP contribution in [-0.2, 0) is 0 Å². The van der Waals surface area contributed by atoms with Crippen molar-refractivity contribution in [3.8, 4) is 0 Å². The first-order chi connectivity index (χ1) is 5.91. The minimum absolute atomic E-state index is 0.00485. The second-order valence-electron chi connectivity index (χ2n) is 2.81. The summed E-state index contributed by atoms with van der Waals surface area (Å²) in [5.74, 6) is 0. The van der Waals surface area contributed by atoms with Crippen LogP contribution in [-0.4, -0.2) is 6.00 Å². The second-order valence-corrected chi connectivity index (χ2v) is 12.3. The lowest BCUT2D eigenvalue weighted by Gasteiger charge is -2.17. The van der Waals surface area contributed by atoms with Gasteiger partial charge in [0.15, 0.2) is 0 Å². The summed E-state index contributed by atoms with van der Waals surface area (Å²) in [5, 5.41) is 0.696. The Labute approximate surface area is 97.9 Å². The Hall–Kier alpha value is 0.597. The van der Waals surface area contributed by atoms with Crippen LogP contribution in [0.2, 0.25) is 5.02 Å². The van der Waals surface area contributed by atoms with Crippen molar-refractivity contribution in [1.82, 2.24) is 0 Å². The van der Waals surface area contributed by atoms with Gasteiger partial charge in [-0.15, -0.1) is 33.2 Å². The van der Waals surface area contributed by atoms with Crippen molar-refractivity contribution in [2.75, 3.05) is 0 Å². The highest BCUT2D eigenvalue weighted by Crippen LogP contribution is 2.36. The van der Waals surface area contributed by atoms with Gasteiger partial charge in [-0.1, -0.05) is 30.7 Å². The van der Waals surface area contributed by atoms with E-state index in [0.717, 1.165) is 5.56 Å². The molecule has 5 heteroatoms. The molecule has 1 atom stereocenters. The molecule has 0 nitrogen and oxygen atoms in total. The van der Waals surface area contributed by atoms with E-state index in [1.54, 1.807) is 12.1 Å². The van der Waals surface area contributed by atoms with Crippen LogP contribution >= 0.6 is 44.8 Å². The Kier molecular flexibility index (Phi) is 3.96. The molecule has 0 N–H and O–H groups in total. The van der Waals surface area contributed by atoms with Gasteiger partial charge in [0.05, 0.1) is 0 Å². The molecule has 0 spiro atoms. The van der Waals surface area contributed by atoms with Gasteiger partial charge in [-0.2, -0.15) is 0 Å². The Balaban J connectivity index is 2.90. The summed E-state index contributed by atoms with van der Waals surface area (Å²) in [5.41, 5.74) is 1.02. The van der Waals surface area contributed by atoms with Crippen LogP contribution in [0.5, 0.6) is 0 Å². The van der Waals surface area contributed by atoms with Gasteiger partial charge >= 0.3 is 6.00 Å². The zero-order valence-corrected chi connectivity index (χ0v) is 10.9. The standard InChI is InChI=1S/C8H8Cl4Si/c1-6(13(10,11)12)7-2-4-8(9)5-3-7/h2-6H,1H3. The van der Waals surface area contributed by atoms with E-state index in [-0.39, 0.29) is 5.54 Å². The van der Waals surface area contributed by atoms with E-state index in [9.17, 15) is 0 Å². The van der Waals surface area contributed by atoms with Crippen molar-refractivity contribution in [3.63, 3.8) is 0 Å². The third kappa shape index (κ3) is 3.33. The molecule has 0 aliphatic carbocycles. The average molecular weight is 274 g/mol. The molecule has 0 heterocycles. The Morgan fingerprint density at radius 1 is 1.08 bits per heavy atom. The molecule has 13 heavy (non-hydrogen) atoms. The van der Waals surface area contributed by atoms with E-state index in [2.05, 4.69) is 0 Å². The molecule has 0 bridgehead atoms. The maximum absolute atomic E-state index is 5.89. The van der Waals surface area contributed by atoms with Gasteiger partial charge in [0.25, 0.3) is 0 Å². The minimum Gasteiger partial charge on any atom is -0.125 e. The molecule has 0 saturated heterocycles. The fourth-order valence-corrected chi connectivity index (χ4v) is 2.77. The van der Waals surface area contributed by atoms with Crippen LogP contribution in [0.4, 0.5) is 0 Å². The number of hydrogen-bond acceptors (Lipinski definition) is 0. The second kappa shape index (κ2) is 4.41. The normalized spacial score (nSPS) is 14.2. The van der Waals surface area contributed by atoms with Gasteiger partial charge in [-0.3, -0.25) is 0 Å². The molecule has 0 aliphatic heterocycles. The lowest BCUT2D eigenvalue weighted by atomic mass is 10.2. The van der Waals surface area contributed by atoms with Crippen LogP contribution in [0.1, 0.15) is 18.0 Å². The van der Waals surface area contributed by atoms with Crippen LogP contribution in [0, 0.1) is 0 Å². The molecular formula is C8H8Cl4Si. The summed E-state index contributed by atoms with van der Waals surface area (Å²) >= 11 is 23.4. The molecule has 0 radical (unpaired) electrons. The quantitative estimate of drug-likeness (QED) is 0.544. The van der Waals surface area contributed by atoms with Crippen molar-refractivity contribution in [2.45, 2.75) is 12.5 Å². The van der Waals surface area contributed by atoms with Gasteiger partial charge in [0.2, 0.25) is 0 Å². The van der Waals surface area contributed by atoms with Crippen molar-refractivity contribution >= 4 is 50.8 Å². The largest absolute Gasteiger partial charge is 0.348 e. The van der Waals surface area contributed by atoms with E-state index in [4.69, 9.17) is 44.8 Å².